The van der Waals surface area contributed by atoms with Crippen molar-refractivity contribution < 1.29 is 4.79 Å². The third-order valence-electron chi connectivity index (χ3n) is 3.05. The highest BCUT2D eigenvalue weighted by Crippen LogP contribution is 2.15. The van der Waals surface area contributed by atoms with Crippen LogP contribution in [0.15, 0.2) is 30.3 Å². The second-order valence-corrected chi connectivity index (χ2v) is 5.19. The number of hydrogen-bond acceptors (Lipinski definition) is 2. The monoisotopic (exact) mass is 234 g/mol. The van der Waals surface area contributed by atoms with Crippen molar-refractivity contribution in [3.63, 3.8) is 0 Å². The fraction of sp³-hybridized carbons (Fsp3) is 0.500. The molecule has 0 aliphatic carbocycles. The Morgan fingerprint density at radius 1 is 1.35 bits per heavy atom. The Balaban J connectivity index is 2.40. The van der Waals surface area contributed by atoms with Gasteiger partial charge in [0.25, 0.3) is 0 Å². The van der Waals surface area contributed by atoms with E-state index in [1.54, 1.807) is 0 Å². The number of rotatable bonds is 6. The summed E-state index contributed by atoms with van der Waals surface area (Å²) in [5.41, 5.74) is 6.13. The molecular formula is C14H22N2O. The largest absolute Gasteiger partial charge is 0.369 e. The van der Waals surface area contributed by atoms with Gasteiger partial charge >= 0.3 is 0 Å². The topological polar surface area (TPSA) is 55.1 Å². The van der Waals surface area contributed by atoms with E-state index >= 15 is 0 Å². The summed E-state index contributed by atoms with van der Waals surface area (Å²) in [6.45, 7) is 7.34. The zero-order chi connectivity index (χ0) is 12.9. The van der Waals surface area contributed by atoms with Crippen LogP contribution in [0.4, 0.5) is 0 Å². The van der Waals surface area contributed by atoms with Gasteiger partial charge in [0.1, 0.15) is 0 Å². The Kier molecular flexibility index (Phi) is 4.70. The van der Waals surface area contributed by atoms with E-state index in [-0.39, 0.29) is 5.91 Å². The molecule has 0 fully saturated rings. The lowest BCUT2D eigenvalue weighted by atomic mass is 9.92. The quantitative estimate of drug-likeness (QED) is 0.789. The van der Waals surface area contributed by atoms with Crippen molar-refractivity contribution in [2.24, 2.45) is 11.1 Å². The Labute approximate surface area is 103 Å². The molecule has 94 valence electrons. The molecule has 1 unspecified atom stereocenters. The van der Waals surface area contributed by atoms with Crippen LogP contribution < -0.4 is 11.1 Å². The molecule has 0 aromatic heterocycles. The molecule has 3 nitrogen and oxygen atoms in total. The molecule has 17 heavy (non-hydrogen) atoms. The van der Waals surface area contributed by atoms with Crippen molar-refractivity contribution >= 4 is 5.91 Å². The maximum atomic E-state index is 11.1. The third kappa shape index (κ3) is 4.19. The number of benzene rings is 1. The normalized spacial score (nSPS) is 13.4. The van der Waals surface area contributed by atoms with Gasteiger partial charge in [-0.25, -0.2) is 0 Å². The molecular weight excluding hydrogens is 212 g/mol. The maximum Gasteiger partial charge on any atom is 0.224 e. The van der Waals surface area contributed by atoms with Crippen LogP contribution >= 0.6 is 0 Å². The molecule has 0 bridgehead atoms. The predicted octanol–water partition coefficient (Wildman–Crippen LogP) is 1.89. The second kappa shape index (κ2) is 5.82. The minimum Gasteiger partial charge on any atom is -0.369 e. The van der Waals surface area contributed by atoms with Gasteiger partial charge in [-0.2, -0.15) is 0 Å². The fourth-order valence-corrected chi connectivity index (χ4v) is 1.59. The standard InChI is InChI=1S/C14H22N2O/c1-11(12-7-5-4-6-8-12)9-16-10-14(2,3)13(15)17/h4-8,11,16H,9-10H2,1-3H3,(H2,15,17). The van der Waals surface area contributed by atoms with Crippen molar-refractivity contribution in [3.8, 4) is 0 Å². The van der Waals surface area contributed by atoms with Crippen LogP contribution in [0.25, 0.3) is 0 Å². The third-order valence-corrected chi connectivity index (χ3v) is 3.05. The van der Waals surface area contributed by atoms with Gasteiger partial charge in [0.15, 0.2) is 0 Å². The first-order valence-electron chi connectivity index (χ1n) is 5.99. The van der Waals surface area contributed by atoms with Gasteiger partial charge < -0.3 is 11.1 Å². The lowest BCUT2D eigenvalue weighted by Crippen LogP contribution is -2.41. The molecule has 3 N–H and O–H groups in total. The summed E-state index contributed by atoms with van der Waals surface area (Å²) in [5, 5.41) is 3.30. The molecule has 0 heterocycles. The van der Waals surface area contributed by atoms with Gasteiger partial charge in [0, 0.05) is 13.1 Å². The van der Waals surface area contributed by atoms with Crippen molar-refractivity contribution in [2.75, 3.05) is 13.1 Å². The van der Waals surface area contributed by atoms with Crippen LogP contribution in [0.5, 0.6) is 0 Å². The molecule has 0 aliphatic heterocycles. The van der Waals surface area contributed by atoms with Crippen LogP contribution in [0.1, 0.15) is 32.3 Å². The van der Waals surface area contributed by atoms with Crippen LogP contribution in [-0.2, 0) is 4.79 Å². The number of nitrogens with one attached hydrogen (secondary N) is 1. The number of nitrogens with two attached hydrogens (primary N) is 1. The van der Waals surface area contributed by atoms with Gasteiger partial charge in [-0.3, -0.25) is 4.79 Å². The average Bonchev–Trinajstić information content (AvgIpc) is 2.29. The number of carbonyl (C=O) groups is 1. The summed E-state index contributed by atoms with van der Waals surface area (Å²) in [4.78, 5) is 11.1. The van der Waals surface area contributed by atoms with Crippen LogP contribution in [0.3, 0.4) is 0 Å². The highest BCUT2D eigenvalue weighted by atomic mass is 16.1. The molecule has 0 saturated heterocycles. The Morgan fingerprint density at radius 2 is 1.94 bits per heavy atom. The van der Waals surface area contributed by atoms with Gasteiger partial charge in [0.05, 0.1) is 5.41 Å². The fourth-order valence-electron chi connectivity index (χ4n) is 1.59. The van der Waals surface area contributed by atoms with E-state index < -0.39 is 5.41 Å². The molecule has 0 saturated carbocycles. The summed E-state index contributed by atoms with van der Waals surface area (Å²) in [6.07, 6.45) is 0. The van der Waals surface area contributed by atoms with E-state index in [0.29, 0.717) is 12.5 Å². The van der Waals surface area contributed by atoms with E-state index in [9.17, 15) is 4.79 Å². The molecule has 1 amide bonds. The minimum absolute atomic E-state index is 0.266. The SMILES string of the molecule is CC(CNCC(C)(C)C(N)=O)c1ccccc1. The lowest BCUT2D eigenvalue weighted by Gasteiger charge is -2.22. The van der Waals surface area contributed by atoms with Crippen molar-refractivity contribution in [1.29, 1.82) is 0 Å². The van der Waals surface area contributed by atoms with Crippen molar-refractivity contribution in [1.82, 2.24) is 5.32 Å². The zero-order valence-corrected chi connectivity index (χ0v) is 10.9. The Bertz CT molecular complexity index is 360. The second-order valence-electron chi connectivity index (χ2n) is 5.19. The van der Waals surface area contributed by atoms with Crippen molar-refractivity contribution in [2.45, 2.75) is 26.7 Å². The summed E-state index contributed by atoms with van der Waals surface area (Å²) in [6, 6.07) is 10.3. The van der Waals surface area contributed by atoms with Crippen molar-refractivity contribution in [3.05, 3.63) is 35.9 Å². The number of carbonyl (C=O) groups excluding carboxylic acids is 1. The Morgan fingerprint density at radius 3 is 2.47 bits per heavy atom. The average molecular weight is 234 g/mol. The molecule has 1 aromatic carbocycles. The molecule has 1 atom stereocenters. The van der Waals surface area contributed by atoms with E-state index in [4.69, 9.17) is 5.73 Å². The van der Waals surface area contributed by atoms with E-state index in [2.05, 4.69) is 24.4 Å². The first-order chi connectivity index (χ1) is 7.93. The van der Waals surface area contributed by atoms with E-state index in [0.717, 1.165) is 6.54 Å². The van der Waals surface area contributed by atoms with Gasteiger partial charge in [0.2, 0.25) is 5.91 Å². The lowest BCUT2D eigenvalue weighted by molar-refractivity contribution is -0.125. The first kappa shape index (κ1) is 13.7. The number of hydrogen-bond donors (Lipinski definition) is 2. The van der Waals surface area contributed by atoms with Crippen LogP contribution in [0, 0.1) is 5.41 Å². The number of amides is 1. The first-order valence-corrected chi connectivity index (χ1v) is 5.99. The summed E-state index contributed by atoms with van der Waals surface area (Å²) in [7, 11) is 0. The minimum atomic E-state index is -0.490. The van der Waals surface area contributed by atoms with Gasteiger partial charge in [-0.05, 0) is 25.3 Å². The summed E-state index contributed by atoms with van der Waals surface area (Å²) in [5.74, 6) is 0.164. The highest BCUT2D eigenvalue weighted by Gasteiger charge is 2.24. The maximum absolute atomic E-state index is 11.1. The highest BCUT2D eigenvalue weighted by molar-refractivity contribution is 5.80. The molecule has 0 spiro atoms. The molecule has 1 rings (SSSR count). The number of primary amides is 1. The van der Waals surface area contributed by atoms with E-state index in [1.165, 1.54) is 5.56 Å². The molecule has 0 aliphatic rings. The smallest absolute Gasteiger partial charge is 0.224 e. The van der Waals surface area contributed by atoms with Gasteiger partial charge in [-0.1, -0.05) is 37.3 Å². The zero-order valence-electron chi connectivity index (χ0n) is 10.9. The van der Waals surface area contributed by atoms with Crippen LogP contribution in [0.2, 0.25) is 0 Å². The summed E-state index contributed by atoms with van der Waals surface area (Å²) >= 11 is 0. The predicted molar refractivity (Wildman–Crippen MR) is 70.7 cm³/mol. The summed E-state index contributed by atoms with van der Waals surface area (Å²) < 4.78 is 0. The molecule has 3 heteroatoms. The van der Waals surface area contributed by atoms with E-state index in [1.807, 2.05) is 32.0 Å². The molecule has 0 radical (unpaired) electrons. The van der Waals surface area contributed by atoms with Gasteiger partial charge in [-0.15, -0.1) is 0 Å². The molecule has 1 aromatic rings. The Hall–Kier alpha value is -1.35. The van der Waals surface area contributed by atoms with Crippen LogP contribution in [-0.4, -0.2) is 19.0 Å².